The summed E-state index contributed by atoms with van der Waals surface area (Å²) in [4.78, 5) is 50.4. The molecule has 1 fully saturated rings. The van der Waals surface area contributed by atoms with Gasteiger partial charge in [-0.1, -0.05) is 13.8 Å². The summed E-state index contributed by atoms with van der Waals surface area (Å²) in [6.45, 7) is 3.52. The van der Waals surface area contributed by atoms with Gasteiger partial charge in [0.05, 0.1) is 5.56 Å². The van der Waals surface area contributed by atoms with Gasteiger partial charge in [-0.2, -0.15) is 0 Å². The van der Waals surface area contributed by atoms with Gasteiger partial charge < -0.3 is 16.4 Å². The lowest BCUT2D eigenvalue weighted by Gasteiger charge is -2.13. The molecule has 1 aliphatic heterocycles. The number of hydrogen-bond acceptors (Lipinski definition) is 5. The Labute approximate surface area is 155 Å². The van der Waals surface area contributed by atoms with Crippen molar-refractivity contribution in [2.75, 3.05) is 11.9 Å². The minimum atomic E-state index is -0.595. The predicted molar refractivity (Wildman–Crippen MR) is 97.0 cm³/mol. The fourth-order valence-corrected chi connectivity index (χ4v) is 4.73. The molecular weight excluding hydrogens is 356 g/mol. The Morgan fingerprint density at radius 1 is 1.35 bits per heavy atom. The molecule has 5 amide bonds. The van der Waals surface area contributed by atoms with Gasteiger partial charge in [0.1, 0.15) is 17.6 Å². The summed E-state index contributed by atoms with van der Waals surface area (Å²) in [6.07, 6.45) is 3.12. The van der Waals surface area contributed by atoms with Crippen LogP contribution in [-0.4, -0.2) is 41.2 Å². The summed E-state index contributed by atoms with van der Waals surface area (Å²) < 4.78 is 0. The first-order valence-corrected chi connectivity index (χ1v) is 9.45. The number of primary amides is 1. The molecule has 9 heteroatoms. The fourth-order valence-electron chi connectivity index (χ4n) is 3.42. The van der Waals surface area contributed by atoms with E-state index in [2.05, 4.69) is 10.6 Å². The van der Waals surface area contributed by atoms with Crippen LogP contribution in [-0.2, 0) is 22.4 Å². The molecule has 140 valence electrons. The van der Waals surface area contributed by atoms with E-state index in [1.165, 1.54) is 11.3 Å². The Balaban J connectivity index is 1.69. The number of nitrogens with two attached hydrogens (primary N) is 1. The average molecular weight is 378 g/mol. The SMILES string of the molecule is CC(C)CC1NC(=O)N(CC(=O)Nc2sc3c(c2C(N)=O)CCC3)C1=O. The number of amides is 5. The second-order valence-electron chi connectivity index (χ2n) is 7.03. The highest BCUT2D eigenvalue weighted by atomic mass is 32.1. The fraction of sp³-hybridized carbons (Fsp3) is 0.529. The highest BCUT2D eigenvalue weighted by molar-refractivity contribution is 7.17. The number of thiophene rings is 1. The Morgan fingerprint density at radius 3 is 2.73 bits per heavy atom. The Kier molecular flexibility index (Phi) is 4.99. The largest absolute Gasteiger partial charge is 0.365 e. The molecule has 26 heavy (non-hydrogen) atoms. The van der Waals surface area contributed by atoms with Crippen LogP contribution in [0.5, 0.6) is 0 Å². The third-order valence-electron chi connectivity index (χ3n) is 4.54. The number of anilines is 1. The Bertz CT molecular complexity index is 786. The van der Waals surface area contributed by atoms with Crippen molar-refractivity contribution in [1.29, 1.82) is 0 Å². The topological polar surface area (TPSA) is 122 Å². The number of nitrogens with one attached hydrogen (secondary N) is 2. The second-order valence-corrected chi connectivity index (χ2v) is 8.14. The molecule has 0 spiro atoms. The molecule has 0 bridgehead atoms. The van der Waals surface area contributed by atoms with Crippen molar-refractivity contribution in [2.45, 2.75) is 45.6 Å². The van der Waals surface area contributed by atoms with E-state index in [0.29, 0.717) is 17.0 Å². The number of urea groups is 1. The van der Waals surface area contributed by atoms with Gasteiger partial charge in [-0.3, -0.25) is 19.3 Å². The zero-order valence-electron chi connectivity index (χ0n) is 14.8. The maximum Gasteiger partial charge on any atom is 0.325 e. The van der Waals surface area contributed by atoms with Crippen LogP contribution in [0.25, 0.3) is 0 Å². The number of rotatable bonds is 6. The lowest BCUT2D eigenvalue weighted by molar-refractivity contribution is -0.131. The van der Waals surface area contributed by atoms with Gasteiger partial charge in [-0.25, -0.2) is 4.79 Å². The smallest absolute Gasteiger partial charge is 0.325 e. The van der Waals surface area contributed by atoms with E-state index in [9.17, 15) is 19.2 Å². The zero-order chi connectivity index (χ0) is 19.0. The quantitative estimate of drug-likeness (QED) is 0.645. The molecule has 1 saturated heterocycles. The summed E-state index contributed by atoms with van der Waals surface area (Å²) in [5.74, 6) is -1.26. The van der Waals surface area contributed by atoms with Crippen LogP contribution in [0.15, 0.2) is 0 Å². The van der Waals surface area contributed by atoms with Gasteiger partial charge in [-0.05, 0) is 37.2 Å². The van der Waals surface area contributed by atoms with Crippen molar-refractivity contribution < 1.29 is 19.2 Å². The van der Waals surface area contributed by atoms with Crippen LogP contribution in [0.1, 0.15) is 47.5 Å². The van der Waals surface area contributed by atoms with E-state index in [-0.39, 0.29) is 12.5 Å². The molecule has 1 unspecified atom stereocenters. The first-order chi connectivity index (χ1) is 12.3. The highest BCUT2D eigenvalue weighted by Gasteiger charge is 2.39. The number of imide groups is 1. The molecule has 2 aliphatic rings. The molecule has 4 N–H and O–H groups in total. The van der Waals surface area contributed by atoms with Gasteiger partial charge in [-0.15, -0.1) is 11.3 Å². The third-order valence-corrected chi connectivity index (χ3v) is 5.74. The zero-order valence-corrected chi connectivity index (χ0v) is 15.6. The van der Waals surface area contributed by atoms with Gasteiger partial charge in [0, 0.05) is 4.88 Å². The van der Waals surface area contributed by atoms with Crippen LogP contribution in [0.3, 0.4) is 0 Å². The maximum atomic E-state index is 12.4. The van der Waals surface area contributed by atoms with Gasteiger partial charge in [0.25, 0.3) is 11.8 Å². The number of aryl methyl sites for hydroxylation is 1. The van der Waals surface area contributed by atoms with Crippen molar-refractivity contribution in [3.05, 3.63) is 16.0 Å². The number of hydrogen-bond donors (Lipinski definition) is 3. The normalized spacial score (nSPS) is 19.0. The van der Waals surface area contributed by atoms with Crippen LogP contribution in [0, 0.1) is 5.92 Å². The molecular formula is C17H22N4O4S. The lowest BCUT2D eigenvalue weighted by atomic mass is 10.0. The second kappa shape index (κ2) is 7.06. The van der Waals surface area contributed by atoms with Gasteiger partial charge in [0.15, 0.2) is 0 Å². The molecule has 0 saturated carbocycles. The summed E-state index contributed by atoms with van der Waals surface area (Å²) in [7, 11) is 0. The summed E-state index contributed by atoms with van der Waals surface area (Å²) in [5.41, 5.74) is 6.73. The van der Waals surface area contributed by atoms with E-state index in [1.54, 1.807) is 0 Å². The standard InChI is InChI=1S/C17H22N4O4S/c1-8(2)6-10-16(24)21(17(25)19-10)7-12(22)20-15-13(14(18)23)9-4-3-5-11(9)26-15/h8,10H,3-7H2,1-2H3,(H2,18,23)(H,19,25)(H,20,22). The van der Waals surface area contributed by atoms with Crippen molar-refractivity contribution in [1.82, 2.24) is 10.2 Å². The first kappa shape index (κ1) is 18.4. The molecule has 1 aromatic heterocycles. The predicted octanol–water partition coefficient (Wildman–Crippen LogP) is 1.24. The Morgan fingerprint density at radius 2 is 2.08 bits per heavy atom. The van der Waals surface area contributed by atoms with Crippen molar-refractivity contribution >= 4 is 40.1 Å². The summed E-state index contributed by atoms with van der Waals surface area (Å²) in [6, 6.07) is -1.17. The molecule has 3 rings (SSSR count). The lowest BCUT2D eigenvalue weighted by Crippen LogP contribution is -2.38. The number of carbonyl (C=O) groups excluding carboxylic acids is 4. The third kappa shape index (κ3) is 3.44. The minimum absolute atomic E-state index is 0.240. The summed E-state index contributed by atoms with van der Waals surface area (Å²) >= 11 is 1.34. The Hall–Kier alpha value is -2.42. The molecule has 1 aromatic rings. The number of nitrogens with zero attached hydrogens (tertiary/aromatic N) is 1. The molecule has 0 aromatic carbocycles. The molecule has 0 radical (unpaired) electrons. The van der Waals surface area contributed by atoms with E-state index in [1.807, 2.05) is 13.8 Å². The van der Waals surface area contributed by atoms with Crippen LogP contribution in [0.4, 0.5) is 9.80 Å². The van der Waals surface area contributed by atoms with E-state index in [0.717, 1.165) is 34.6 Å². The number of fused-ring (bicyclic) bond motifs is 1. The van der Waals surface area contributed by atoms with Crippen molar-refractivity contribution in [3.63, 3.8) is 0 Å². The monoisotopic (exact) mass is 378 g/mol. The van der Waals surface area contributed by atoms with Gasteiger partial charge in [0.2, 0.25) is 5.91 Å². The van der Waals surface area contributed by atoms with Crippen LogP contribution in [0.2, 0.25) is 0 Å². The van der Waals surface area contributed by atoms with E-state index in [4.69, 9.17) is 5.73 Å². The minimum Gasteiger partial charge on any atom is -0.365 e. The van der Waals surface area contributed by atoms with Crippen molar-refractivity contribution in [3.8, 4) is 0 Å². The van der Waals surface area contributed by atoms with Crippen molar-refractivity contribution in [2.24, 2.45) is 11.7 Å². The molecule has 8 nitrogen and oxygen atoms in total. The maximum absolute atomic E-state index is 12.4. The first-order valence-electron chi connectivity index (χ1n) is 8.64. The van der Waals surface area contributed by atoms with Crippen LogP contribution >= 0.6 is 11.3 Å². The number of carbonyl (C=O) groups is 4. The molecule has 1 atom stereocenters. The van der Waals surface area contributed by atoms with E-state index >= 15 is 0 Å². The van der Waals surface area contributed by atoms with Crippen LogP contribution < -0.4 is 16.4 Å². The summed E-state index contributed by atoms with van der Waals surface area (Å²) in [5, 5.41) is 5.65. The highest BCUT2D eigenvalue weighted by Crippen LogP contribution is 2.38. The average Bonchev–Trinajstić information content (AvgIpc) is 3.16. The molecule has 1 aliphatic carbocycles. The molecule has 2 heterocycles. The van der Waals surface area contributed by atoms with Gasteiger partial charge >= 0.3 is 6.03 Å². The van der Waals surface area contributed by atoms with E-state index < -0.39 is 29.8 Å².